The summed E-state index contributed by atoms with van der Waals surface area (Å²) < 4.78 is 7.41. The zero-order valence-electron chi connectivity index (χ0n) is 11.6. The summed E-state index contributed by atoms with van der Waals surface area (Å²) in [5.41, 5.74) is 1.16. The van der Waals surface area contributed by atoms with E-state index in [0.717, 1.165) is 16.5 Å². The van der Waals surface area contributed by atoms with Crippen molar-refractivity contribution in [2.75, 3.05) is 0 Å². The highest BCUT2D eigenvalue weighted by Crippen LogP contribution is 2.19. The van der Waals surface area contributed by atoms with Gasteiger partial charge in [-0.2, -0.15) is 5.10 Å². The molecule has 3 aromatic rings. The quantitative estimate of drug-likeness (QED) is 0.696. The fraction of sp³-hybridized carbons (Fsp3) is 0.133. The fourth-order valence-corrected chi connectivity index (χ4v) is 2.36. The van der Waals surface area contributed by atoms with Crippen molar-refractivity contribution in [1.29, 1.82) is 0 Å². The standard InChI is InChI=1S/C15H15BN2O3/c1-18-9-8-12(17-18)10-21-14-7-6-11-4-2-3-5-13(11)15(14)16(19)20/h2-9,19-20H,10H2,1H3. The Morgan fingerprint density at radius 1 is 1.14 bits per heavy atom. The molecule has 0 bridgehead atoms. The van der Waals surface area contributed by atoms with Crippen molar-refractivity contribution in [2.45, 2.75) is 6.61 Å². The van der Waals surface area contributed by atoms with E-state index in [1.807, 2.05) is 49.6 Å². The Morgan fingerprint density at radius 3 is 2.67 bits per heavy atom. The van der Waals surface area contributed by atoms with Gasteiger partial charge in [0.05, 0.1) is 5.69 Å². The summed E-state index contributed by atoms with van der Waals surface area (Å²) in [6.07, 6.45) is 1.83. The van der Waals surface area contributed by atoms with Gasteiger partial charge < -0.3 is 14.8 Å². The Labute approximate surface area is 122 Å². The highest BCUT2D eigenvalue weighted by molar-refractivity contribution is 6.63. The van der Waals surface area contributed by atoms with Crippen LogP contribution in [0.3, 0.4) is 0 Å². The first-order valence-corrected chi connectivity index (χ1v) is 6.64. The SMILES string of the molecule is Cn1ccc(COc2ccc3ccccc3c2B(O)O)n1. The molecule has 2 aromatic carbocycles. The van der Waals surface area contributed by atoms with Gasteiger partial charge in [-0.05, 0) is 22.9 Å². The predicted molar refractivity (Wildman–Crippen MR) is 81.3 cm³/mol. The third-order valence-electron chi connectivity index (χ3n) is 3.33. The molecule has 3 rings (SSSR count). The minimum Gasteiger partial charge on any atom is -0.488 e. The van der Waals surface area contributed by atoms with Crippen molar-refractivity contribution < 1.29 is 14.8 Å². The zero-order chi connectivity index (χ0) is 14.8. The maximum Gasteiger partial charge on any atom is 0.492 e. The third kappa shape index (κ3) is 2.77. The van der Waals surface area contributed by atoms with E-state index in [-0.39, 0.29) is 6.61 Å². The van der Waals surface area contributed by atoms with E-state index in [2.05, 4.69) is 5.10 Å². The average molecular weight is 282 g/mol. The van der Waals surface area contributed by atoms with E-state index in [1.165, 1.54) is 0 Å². The first kappa shape index (κ1) is 13.7. The van der Waals surface area contributed by atoms with E-state index in [0.29, 0.717) is 11.2 Å². The maximum atomic E-state index is 9.66. The number of aromatic nitrogens is 2. The van der Waals surface area contributed by atoms with Crippen molar-refractivity contribution in [3.63, 3.8) is 0 Å². The van der Waals surface area contributed by atoms with Gasteiger partial charge in [-0.3, -0.25) is 4.68 Å². The summed E-state index contributed by atoms with van der Waals surface area (Å²) in [5.74, 6) is 0.453. The molecular weight excluding hydrogens is 267 g/mol. The molecule has 6 heteroatoms. The molecule has 0 aliphatic rings. The second kappa shape index (κ2) is 5.59. The largest absolute Gasteiger partial charge is 0.492 e. The van der Waals surface area contributed by atoms with Crippen LogP contribution in [-0.4, -0.2) is 26.9 Å². The Bertz CT molecular complexity index is 770. The lowest BCUT2D eigenvalue weighted by molar-refractivity contribution is 0.301. The van der Waals surface area contributed by atoms with Crippen LogP contribution in [0.15, 0.2) is 48.7 Å². The molecule has 0 aliphatic heterocycles. The third-order valence-corrected chi connectivity index (χ3v) is 3.33. The minimum absolute atomic E-state index is 0.277. The second-order valence-electron chi connectivity index (χ2n) is 4.84. The second-order valence-corrected chi connectivity index (χ2v) is 4.84. The van der Waals surface area contributed by atoms with Crippen LogP contribution in [0.4, 0.5) is 0 Å². The lowest BCUT2D eigenvalue weighted by Gasteiger charge is -2.13. The summed E-state index contributed by atoms with van der Waals surface area (Å²) in [6.45, 7) is 0.277. The summed E-state index contributed by atoms with van der Waals surface area (Å²) in [7, 11) is 0.248. The van der Waals surface area contributed by atoms with Gasteiger partial charge >= 0.3 is 7.12 Å². The van der Waals surface area contributed by atoms with Crippen LogP contribution in [0, 0.1) is 0 Å². The molecule has 21 heavy (non-hydrogen) atoms. The van der Waals surface area contributed by atoms with Gasteiger partial charge in [0.2, 0.25) is 0 Å². The monoisotopic (exact) mass is 282 g/mol. The number of fused-ring (bicyclic) bond motifs is 1. The van der Waals surface area contributed by atoms with Crippen LogP contribution in [-0.2, 0) is 13.7 Å². The number of hydrogen-bond donors (Lipinski definition) is 2. The van der Waals surface area contributed by atoms with Crippen molar-refractivity contribution in [3.05, 3.63) is 54.4 Å². The maximum absolute atomic E-state index is 9.66. The van der Waals surface area contributed by atoms with Crippen molar-refractivity contribution >= 4 is 23.4 Å². The molecule has 0 amide bonds. The Morgan fingerprint density at radius 2 is 1.95 bits per heavy atom. The number of ether oxygens (including phenoxy) is 1. The first-order valence-electron chi connectivity index (χ1n) is 6.64. The van der Waals surface area contributed by atoms with E-state index in [4.69, 9.17) is 4.74 Å². The van der Waals surface area contributed by atoms with E-state index >= 15 is 0 Å². The Hall–Kier alpha value is -2.31. The zero-order valence-corrected chi connectivity index (χ0v) is 11.6. The number of benzene rings is 2. The summed E-state index contributed by atoms with van der Waals surface area (Å²) in [4.78, 5) is 0. The average Bonchev–Trinajstić information content (AvgIpc) is 2.89. The van der Waals surface area contributed by atoms with Crippen LogP contribution in [0.25, 0.3) is 10.8 Å². The van der Waals surface area contributed by atoms with Gasteiger partial charge in [0.15, 0.2) is 0 Å². The molecule has 0 aliphatic carbocycles. The molecule has 2 N–H and O–H groups in total. The Balaban J connectivity index is 1.95. The molecule has 1 heterocycles. The molecule has 0 fully saturated rings. The van der Waals surface area contributed by atoms with Crippen molar-refractivity contribution in [1.82, 2.24) is 9.78 Å². The Kier molecular flexibility index (Phi) is 3.64. The highest BCUT2D eigenvalue weighted by Gasteiger charge is 2.20. The van der Waals surface area contributed by atoms with Crippen LogP contribution in [0.2, 0.25) is 0 Å². The number of hydrogen-bond acceptors (Lipinski definition) is 4. The highest BCUT2D eigenvalue weighted by atomic mass is 16.5. The van der Waals surface area contributed by atoms with Gasteiger partial charge in [-0.15, -0.1) is 0 Å². The molecule has 0 unspecified atom stereocenters. The molecular formula is C15H15BN2O3. The van der Waals surface area contributed by atoms with E-state index in [9.17, 15) is 10.0 Å². The first-order chi connectivity index (χ1) is 10.1. The number of rotatable bonds is 4. The van der Waals surface area contributed by atoms with E-state index in [1.54, 1.807) is 10.7 Å². The molecule has 0 saturated carbocycles. The van der Waals surface area contributed by atoms with Crippen LogP contribution < -0.4 is 10.2 Å². The molecule has 0 spiro atoms. The summed E-state index contributed by atoms with van der Waals surface area (Å²) in [5, 5.41) is 25.3. The van der Waals surface area contributed by atoms with Crippen LogP contribution >= 0.6 is 0 Å². The summed E-state index contributed by atoms with van der Waals surface area (Å²) >= 11 is 0. The molecule has 106 valence electrons. The van der Waals surface area contributed by atoms with Gasteiger partial charge in [0.25, 0.3) is 0 Å². The molecule has 0 saturated heterocycles. The molecule has 5 nitrogen and oxygen atoms in total. The van der Waals surface area contributed by atoms with E-state index < -0.39 is 7.12 Å². The molecule has 0 atom stereocenters. The normalized spacial score (nSPS) is 10.8. The van der Waals surface area contributed by atoms with Crippen molar-refractivity contribution in [2.24, 2.45) is 7.05 Å². The topological polar surface area (TPSA) is 67.5 Å². The fourth-order valence-electron chi connectivity index (χ4n) is 2.36. The lowest BCUT2D eigenvalue weighted by atomic mass is 9.76. The van der Waals surface area contributed by atoms with Crippen molar-refractivity contribution in [3.8, 4) is 5.75 Å². The van der Waals surface area contributed by atoms with Crippen LogP contribution in [0.1, 0.15) is 5.69 Å². The van der Waals surface area contributed by atoms with Gasteiger partial charge in [0.1, 0.15) is 12.4 Å². The number of aryl methyl sites for hydroxylation is 1. The molecule has 0 radical (unpaired) electrons. The summed E-state index contributed by atoms with van der Waals surface area (Å²) in [6, 6.07) is 13.0. The lowest BCUT2D eigenvalue weighted by Crippen LogP contribution is -2.32. The van der Waals surface area contributed by atoms with Crippen LogP contribution in [0.5, 0.6) is 5.75 Å². The smallest absolute Gasteiger partial charge is 0.488 e. The predicted octanol–water partition coefficient (Wildman–Crippen LogP) is 0.832. The minimum atomic E-state index is -1.59. The van der Waals surface area contributed by atoms with Gasteiger partial charge in [0, 0.05) is 18.7 Å². The van der Waals surface area contributed by atoms with Gasteiger partial charge in [-0.1, -0.05) is 30.3 Å². The molecule has 1 aromatic heterocycles. The van der Waals surface area contributed by atoms with Gasteiger partial charge in [-0.25, -0.2) is 0 Å². The number of nitrogens with zero attached hydrogens (tertiary/aromatic N) is 2.